The molecule has 45 heavy (non-hydrogen) atoms. The van der Waals surface area contributed by atoms with Gasteiger partial charge in [-0.15, -0.1) is 0 Å². The van der Waals surface area contributed by atoms with Crippen LogP contribution in [0.15, 0.2) is 47.5 Å². The highest BCUT2D eigenvalue weighted by Gasteiger charge is 2.85. The van der Waals surface area contributed by atoms with Crippen LogP contribution in [0, 0.1) is 45.8 Å². The lowest BCUT2D eigenvalue weighted by Crippen LogP contribution is -2.64. The fourth-order valence-corrected chi connectivity index (χ4v) is 10.9. The molecule has 4 bridgehead atoms. The van der Waals surface area contributed by atoms with E-state index in [4.69, 9.17) is 30.5 Å². The number of esters is 2. The van der Waals surface area contributed by atoms with E-state index in [1.807, 2.05) is 6.92 Å². The monoisotopic (exact) mass is 637 g/mol. The van der Waals surface area contributed by atoms with Gasteiger partial charge in [-0.3, -0.25) is 9.69 Å². The van der Waals surface area contributed by atoms with Gasteiger partial charge in [-0.25, -0.2) is 4.79 Å². The number of halogens is 1. The molecule has 0 N–H and O–H groups in total. The number of morpholine rings is 1. The summed E-state index contributed by atoms with van der Waals surface area (Å²) in [5, 5.41) is 0.557. The molecule has 9 heteroatoms. The van der Waals surface area contributed by atoms with Crippen LogP contribution in [0.2, 0.25) is 0 Å². The fraction of sp³-hybridized carbons (Fsp3) is 0.639. The van der Waals surface area contributed by atoms with Gasteiger partial charge in [0.25, 0.3) is 6.29 Å². The van der Waals surface area contributed by atoms with Crippen molar-refractivity contribution in [3.63, 3.8) is 0 Å². The Kier molecular flexibility index (Phi) is 7.63. The van der Waals surface area contributed by atoms with E-state index < -0.39 is 40.8 Å². The van der Waals surface area contributed by atoms with E-state index in [-0.39, 0.29) is 36.4 Å². The molecule has 1 aromatic carbocycles. The van der Waals surface area contributed by atoms with Gasteiger partial charge in [0, 0.05) is 35.6 Å². The van der Waals surface area contributed by atoms with Crippen molar-refractivity contribution >= 4 is 29.8 Å². The zero-order chi connectivity index (χ0) is 31.9. The molecule has 3 saturated carbocycles. The molecule has 4 fully saturated rings. The predicted molar refractivity (Wildman–Crippen MR) is 167 cm³/mol. The average Bonchev–Trinajstić information content (AvgIpc) is 3.66. The summed E-state index contributed by atoms with van der Waals surface area (Å²) in [4.78, 5) is 43.9. The van der Waals surface area contributed by atoms with Gasteiger partial charge < -0.3 is 23.7 Å². The quantitative estimate of drug-likeness (QED) is 0.184. The van der Waals surface area contributed by atoms with Gasteiger partial charge in [0.15, 0.2) is 6.29 Å². The van der Waals surface area contributed by atoms with Crippen LogP contribution in [0.25, 0.3) is 0 Å². The van der Waals surface area contributed by atoms with E-state index >= 15 is 4.79 Å². The number of allylic oxidation sites excluding steroid dienone is 1. The molecule has 0 aromatic heterocycles. The van der Waals surface area contributed by atoms with Crippen LogP contribution < -0.4 is 0 Å². The third-order valence-corrected chi connectivity index (χ3v) is 12.3. The number of benzene rings is 1. The summed E-state index contributed by atoms with van der Waals surface area (Å²) in [6, 6.07) is 7.00. The average molecular weight is 638 g/mol. The first kappa shape index (κ1) is 31.1. The van der Waals surface area contributed by atoms with E-state index in [2.05, 4.69) is 38.3 Å². The lowest BCUT2D eigenvalue weighted by molar-refractivity contribution is -0.240. The van der Waals surface area contributed by atoms with Crippen LogP contribution in [0.4, 0.5) is 0 Å². The third kappa shape index (κ3) is 4.31. The Morgan fingerprint density at radius 1 is 1.20 bits per heavy atom. The number of ether oxygens (including phenoxy) is 4. The number of cyclic esters (lactones) is 1. The van der Waals surface area contributed by atoms with Gasteiger partial charge in [0.2, 0.25) is 0 Å². The van der Waals surface area contributed by atoms with Crippen molar-refractivity contribution in [2.75, 3.05) is 26.2 Å². The van der Waals surface area contributed by atoms with Crippen molar-refractivity contribution in [3.05, 3.63) is 58.7 Å². The summed E-state index contributed by atoms with van der Waals surface area (Å²) in [5.41, 5.74) is -1.02. The first-order valence-corrected chi connectivity index (χ1v) is 16.9. The smallest absolute Gasteiger partial charge is 0.342 e. The Morgan fingerprint density at radius 3 is 2.71 bits per heavy atom. The summed E-state index contributed by atoms with van der Waals surface area (Å²) >= 11 is 6.17. The van der Waals surface area contributed by atoms with Gasteiger partial charge in [0.05, 0.1) is 23.7 Å². The van der Waals surface area contributed by atoms with Crippen molar-refractivity contribution in [2.45, 2.75) is 72.1 Å². The molecule has 8 nitrogen and oxygen atoms in total. The second-order valence-corrected chi connectivity index (χ2v) is 15.3. The number of carbonyl (C=O) groups excluding carboxylic acids is 3. The van der Waals surface area contributed by atoms with Crippen molar-refractivity contribution in [2.24, 2.45) is 45.8 Å². The minimum absolute atomic E-state index is 0.00785. The molecule has 2 aliphatic heterocycles. The van der Waals surface area contributed by atoms with Gasteiger partial charge in [-0.05, 0) is 61.8 Å². The van der Waals surface area contributed by atoms with Crippen LogP contribution in [-0.2, 0) is 28.5 Å². The molecule has 0 spiro atoms. The lowest BCUT2D eigenvalue weighted by atomic mass is 9.43. The highest BCUT2D eigenvalue weighted by Crippen LogP contribution is 2.83. The van der Waals surface area contributed by atoms with Gasteiger partial charge in [-0.2, -0.15) is 0 Å². The number of rotatable bonds is 9. The number of aldehydes is 1. The van der Waals surface area contributed by atoms with Gasteiger partial charge in [0.1, 0.15) is 11.7 Å². The van der Waals surface area contributed by atoms with Gasteiger partial charge in [-0.1, -0.05) is 75.2 Å². The predicted octanol–water partition coefficient (Wildman–Crippen LogP) is 6.05. The summed E-state index contributed by atoms with van der Waals surface area (Å²) in [5.74, 6) is -0.263. The first-order valence-electron chi connectivity index (χ1n) is 16.5. The molecular weight excluding hydrogens is 594 g/mol. The number of carbonyl (C=O) groups is 3. The molecule has 6 aliphatic rings. The second kappa shape index (κ2) is 11.0. The minimum Gasteiger partial charge on any atom is -0.420 e. The molecule has 1 saturated heterocycles. The third-order valence-electron chi connectivity index (χ3n) is 12.2. The first-order chi connectivity index (χ1) is 21.5. The Morgan fingerprint density at radius 2 is 1.98 bits per heavy atom. The minimum atomic E-state index is -1.25. The Balaban J connectivity index is 1.31. The van der Waals surface area contributed by atoms with Crippen LogP contribution in [-0.4, -0.2) is 61.8 Å². The normalized spacial score (nSPS) is 41.4. The number of nitrogens with zero attached hydrogens (tertiary/aromatic N) is 1. The largest absolute Gasteiger partial charge is 0.420 e. The standard InChI is InChI=1S/C36H44ClNO7/c1-20(2)29-12-24-13-34(18-39)28-11-10-21(3)27(28)14-35(24,19-42-30-17-38(15-22(4)37)16-23(5)43-30)36(29,34)33(41)45-32-26-9-7-6-8-25(26)31(40)44-32/h6-9,12,18,20-21,23-24,27-28,30,32H,4,10-11,13-17,19H2,1-3,5H3/t21-,23-,24+,27-,28-,30-,32?,34-,35+,36+/m1/s1. The maximum Gasteiger partial charge on any atom is 0.342 e. The van der Waals surface area contributed by atoms with E-state index in [0.29, 0.717) is 48.1 Å². The number of fused-ring (bicyclic) bond motifs is 3. The molecule has 4 aliphatic carbocycles. The zero-order valence-corrected chi connectivity index (χ0v) is 27.4. The van der Waals surface area contributed by atoms with E-state index in [1.165, 1.54) is 0 Å². The van der Waals surface area contributed by atoms with E-state index in [9.17, 15) is 9.59 Å². The summed E-state index contributed by atoms with van der Waals surface area (Å²) < 4.78 is 25.0. The lowest BCUT2D eigenvalue weighted by Gasteiger charge is -2.59. The van der Waals surface area contributed by atoms with Gasteiger partial charge >= 0.3 is 11.9 Å². The van der Waals surface area contributed by atoms with Crippen molar-refractivity contribution in [1.82, 2.24) is 4.90 Å². The van der Waals surface area contributed by atoms with Crippen LogP contribution in [0.1, 0.15) is 75.6 Å². The molecule has 10 atom stereocenters. The highest BCUT2D eigenvalue weighted by molar-refractivity contribution is 6.29. The number of hydrogen-bond acceptors (Lipinski definition) is 8. The molecule has 2 heterocycles. The SMILES string of the molecule is C=C(Cl)CN1C[C@H](OC[C@@]23C[C@@H]4[C@H](C)CC[C@H]4[C@]4(C=O)C[C@@H]2C=C(C(C)C)[C@@]34C(=O)OC2OC(=O)c3ccccc32)O[C@H](C)C1. The molecule has 7 rings (SSSR count). The summed E-state index contributed by atoms with van der Waals surface area (Å²) in [7, 11) is 0. The van der Waals surface area contributed by atoms with E-state index in [1.54, 1.807) is 24.3 Å². The van der Waals surface area contributed by atoms with Crippen molar-refractivity contribution in [1.29, 1.82) is 0 Å². The van der Waals surface area contributed by atoms with Crippen molar-refractivity contribution < 1.29 is 33.3 Å². The molecular formula is C36H44ClNO7. The molecule has 242 valence electrons. The molecule has 0 radical (unpaired) electrons. The van der Waals surface area contributed by atoms with Crippen LogP contribution in [0.3, 0.4) is 0 Å². The van der Waals surface area contributed by atoms with Crippen molar-refractivity contribution in [3.8, 4) is 0 Å². The Hall–Kier alpha value is -2.52. The molecule has 0 amide bonds. The Labute approximate surface area is 270 Å². The topological polar surface area (TPSA) is 91.4 Å². The molecule has 1 aromatic rings. The van der Waals surface area contributed by atoms with E-state index in [0.717, 1.165) is 31.1 Å². The maximum atomic E-state index is 15.2. The number of hydrogen-bond donors (Lipinski definition) is 0. The van der Waals surface area contributed by atoms with Crippen LogP contribution >= 0.6 is 11.6 Å². The van der Waals surface area contributed by atoms with Crippen LogP contribution in [0.5, 0.6) is 0 Å². The maximum absolute atomic E-state index is 15.2. The fourth-order valence-electron chi connectivity index (χ4n) is 10.7. The summed E-state index contributed by atoms with van der Waals surface area (Å²) in [6.07, 6.45) is 4.86. The Bertz CT molecular complexity index is 1460. The zero-order valence-electron chi connectivity index (χ0n) is 26.6. The highest BCUT2D eigenvalue weighted by atomic mass is 35.5. The summed E-state index contributed by atoms with van der Waals surface area (Å²) in [6.45, 7) is 14.4. The molecule has 1 unspecified atom stereocenters. The second-order valence-electron chi connectivity index (χ2n) is 14.8.